The zero-order valence-electron chi connectivity index (χ0n) is 10.1. The predicted octanol–water partition coefficient (Wildman–Crippen LogP) is 3.35. The number of phenolic OH excluding ortho intramolecular Hbond substituents is 1. The second-order valence-electron chi connectivity index (χ2n) is 3.86. The summed E-state index contributed by atoms with van der Waals surface area (Å²) < 4.78 is 5.29. The molecule has 0 amide bonds. The summed E-state index contributed by atoms with van der Waals surface area (Å²) in [5, 5.41) is 9.22. The van der Waals surface area contributed by atoms with Crippen molar-refractivity contribution in [3.05, 3.63) is 42.5 Å². The molecular weight excluding hydrogens is 216 g/mol. The summed E-state index contributed by atoms with van der Waals surface area (Å²) in [6, 6.07) is 6.73. The summed E-state index contributed by atoms with van der Waals surface area (Å²) in [6.45, 7) is 5.47. The number of unbranched alkanes of at least 4 members (excludes halogenated alkanes) is 1. The van der Waals surface area contributed by atoms with Gasteiger partial charge in [0, 0.05) is 6.08 Å². The van der Waals surface area contributed by atoms with Crippen molar-refractivity contribution in [3.63, 3.8) is 0 Å². The quantitative estimate of drug-likeness (QED) is 0.606. The molecular formula is C14H18O3. The number of rotatable bonds is 6. The molecule has 0 saturated heterocycles. The lowest BCUT2D eigenvalue weighted by atomic mass is 10.0. The molecule has 0 radical (unpaired) electrons. The van der Waals surface area contributed by atoms with Gasteiger partial charge in [-0.25, -0.2) is 4.79 Å². The Bertz CT molecular complexity index is 368. The first-order valence-corrected chi connectivity index (χ1v) is 5.79. The Morgan fingerprint density at radius 1 is 1.47 bits per heavy atom. The maximum Gasteiger partial charge on any atom is 0.330 e. The summed E-state index contributed by atoms with van der Waals surface area (Å²) in [6.07, 6.45) is 3.71. The first kappa shape index (κ1) is 13.3. The van der Waals surface area contributed by atoms with Crippen molar-refractivity contribution in [1.82, 2.24) is 0 Å². The zero-order chi connectivity index (χ0) is 12.7. The van der Waals surface area contributed by atoms with E-state index in [0.29, 0.717) is 0 Å². The lowest BCUT2D eigenvalue weighted by Gasteiger charge is -2.17. The molecule has 17 heavy (non-hydrogen) atoms. The second kappa shape index (κ2) is 6.74. The highest BCUT2D eigenvalue weighted by Crippen LogP contribution is 2.25. The Morgan fingerprint density at radius 2 is 2.12 bits per heavy atom. The third-order valence-corrected chi connectivity index (χ3v) is 2.51. The van der Waals surface area contributed by atoms with E-state index in [1.807, 2.05) is 0 Å². The molecule has 1 unspecified atom stereocenters. The highest BCUT2D eigenvalue weighted by atomic mass is 16.5. The number of benzene rings is 1. The molecule has 0 aromatic heterocycles. The average Bonchev–Trinajstić information content (AvgIpc) is 2.35. The smallest absolute Gasteiger partial charge is 0.330 e. The van der Waals surface area contributed by atoms with Crippen LogP contribution in [0, 0.1) is 0 Å². The first-order chi connectivity index (χ1) is 8.17. The number of hydrogen-bond donors (Lipinski definition) is 1. The van der Waals surface area contributed by atoms with E-state index in [2.05, 4.69) is 13.5 Å². The minimum atomic E-state index is -0.417. The van der Waals surface area contributed by atoms with Gasteiger partial charge in [0.15, 0.2) is 0 Å². The van der Waals surface area contributed by atoms with Crippen molar-refractivity contribution in [2.24, 2.45) is 0 Å². The molecule has 0 saturated carbocycles. The SMILES string of the molecule is C=CC(=O)OC(CCCC)c1ccc(O)cc1. The highest BCUT2D eigenvalue weighted by Gasteiger charge is 2.14. The van der Waals surface area contributed by atoms with Crippen LogP contribution in [0.25, 0.3) is 0 Å². The molecule has 1 N–H and O–H groups in total. The van der Waals surface area contributed by atoms with Crippen molar-refractivity contribution in [1.29, 1.82) is 0 Å². The van der Waals surface area contributed by atoms with Crippen molar-refractivity contribution < 1.29 is 14.6 Å². The topological polar surface area (TPSA) is 46.5 Å². The molecule has 0 aliphatic heterocycles. The molecule has 1 aromatic carbocycles. The molecule has 3 heteroatoms. The van der Waals surface area contributed by atoms with E-state index in [4.69, 9.17) is 4.74 Å². The summed E-state index contributed by atoms with van der Waals surface area (Å²) in [5.74, 6) is -0.211. The van der Waals surface area contributed by atoms with Crippen LogP contribution in [0.15, 0.2) is 36.9 Å². The zero-order valence-corrected chi connectivity index (χ0v) is 10.1. The fourth-order valence-corrected chi connectivity index (χ4v) is 1.56. The fraction of sp³-hybridized carbons (Fsp3) is 0.357. The Morgan fingerprint density at radius 3 is 2.65 bits per heavy atom. The number of hydrogen-bond acceptors (Lipinski definition) is 3. The summed E-state index contributed by atoms with van der Waals surface area (Å²) >= 11 is 0. The van der Waals surface area contributed by atoms with Gasteiger partial charge in [-0.3, -0.25) is 0 Å². The van der Waals surface area contributed by atoms with Crippen LogP contribution in [0.1, 0.15) is 37.9 Å². The Labute approximate surface area is 102 Å². The first-order valence-electron chi connectivity index (χ1n) is 5.79. The minimum absolute atomic E-state index is 0.207. The minimum Gasteiger partial charge on any atom is -0.508 e. The van der Waals surface area contributed by atoms with Crippen LogP contribution in [0.4, 0.5) is 0 Å². The summed E-state index contributed by atoms with van der Waals surface area (Å²) in [7, 11) is 0. The van der Waals surface area contributed by atoms with E-state index >= 15 is 0 Å². The fourth-order valence-electron chi connectivity index (χ4n) is 1.56. The third-order valence-electron chi connectivity index (χ3n) is 2.51. The lowest BCUT2D eigenvalue weighted by molar-refractivity contribution is -0.143. The highest BCUT2D eigenvalue weighted by molar-refractivity contribution is 5.81. The molecule has 0 fully saturated rings. The Hall–Kier alpha value is -1.77. The molecule has 1 rings (SSSR count). The van der Waals surface area contributed by atoms with E-state index in [1.165, 1.54) is 6.08 Å². The molecule has 1 atom stereocenters. The van der Waals surface area contributed by atoms with Gasteiger partial charge in [0.2, 0.25) is 0 Å². The van der Waals surface area contributed by atoms with Crippen LogP contribution in [-0.2, 0) is 9.53 Å². The number of carbonyl (C=O) groups excluding carboxylic acids is 1. The second-order valence-corrected chi connectivity index (χ2v) is 3.86. The van der Waals surface area contributed by atoms with E-state index < -0.39 is 5.97 Å². The van der Waals surface area contributed by atoms with Gasteiger partial charge in [0.05, 0.1) is 0 Å². The van der Waals surface area contributed by atoms with Crippen molar-refractivity contribution in [2.45, 2.75) is 32.3 Å². The molecule has 0 spiro atoms. The van der Waals surface area contributed by atoms with Crippen LogP contribution in [0.3, 0.4) is 0 Å². The molecule has 0 bridgehead atoms. The maximum atomic E-state index is 11.2. The van der Waals surface area contributed by atoms with Gasteiger partial charge in [-0.2, -0.15) is 0 Å². The van der Waals surface area contributed by atoms with Gasteiger partial charge in [0.25, 0.3) is 0 Å². The Balaban J connectivity index is 2.77. The average molecular weight is 234 g/mol. The van der Waals surface area contributed by atoms with Crippen LogP contribution in [0.5, 0.6) is 5.75 Å². The van der Waals surface area contributed by atoms with Crippen LogP contribution in [-0.4, -0.2) is 11.1 Å². The lowest BCUT2D eigenvalue weighted by Crippen LogP contribution is -2.09. The van der Waals surface area contributed by atoms with Crippen molar-refractivity contribution in [3.8, 4) is 5.75 Å². The number of carbonyl (C=O) groups is 1. The monoisotopic (exact) mass is 234 g/mol. The molecule has 0 aliphatic rings. The summed E-state index contributed by atoms with van der Waals surface area (Å²) in [4.78, 5) is 11.2. The van der Waals surface area contributed by atoms with E-state index in [9.17, 15) is 9.90 Å². The van der Waals surface area contributed by atoms with Crippen LogP contribution < -0.4 is 0 Å². The molecule has 92 valence electrons. The van der Waals surface area contributed by atoms with Gasteiger partial charge in [-0.1, -0.05) is 32.1 Å². The molecule has 0 heterocycles. The van der Waals surface area contributed by atoms with Crippen molar-refractivity contribution in [2.75, 3.05) is 0 Å². The normalized spacial score (nSPS) is 11.8. The van der Waals surface area contributed by atoms with Gasteiger partial charge in [-0.15, -0.1) is 0 Å². The molecule has 1 aromatic rings. The summed E-state index contributed by atoms with van der Waals surface area (Å²) in [5.41, 5.74) is 0.895. The van der Waals surface area contributed by atoms with Crippen LogP contribution >= 0.6 is 0 Å². The number of esters is 1. The van der Waals surface area contributed by atoms with Crippen molar-refractivity contribution >= 4 is 5.97 Å². The number of aromatic hydroxyl groups is 1. The molecule has 3 nitrogen and oxygen atoms in total. The predicted molar refractivity (Wildman–Crippen MR) is 66.7 cm³/mol. The largest absolute Gasteiger partial charge is 0.508 e. The van der Waals surface area contributed by atoms with E-state index in [-0.39, 0.29) is 11.9 Å². The van der Waals surface area contributed by atoms with Gasteiger partial charge < -0.3 is 9.84 Å². The molecule has 0 aliphatic carbocycles. The number of ether oxygens (including phenoxy) is 1. The number of phenols is 1. The van der Waals surface area contributed by atoms with Gasteiger partial charge >= 0.3 is 5.97 Å². The standard InChI is InChI=1S/C14H18O3/c1-3-5-6-13(17-14(16)4-2)11-7-9-12(15)10-8-11/h4,7-10,13,15H,2-3,5-6H2,1H3. The van der Waals surface area contributed by atoms with Gasteiger partial charge in [0.1, 0.15) is 11.9 Å². The Kier molecular flexibility index (Phi) is 5.27. The van der Waals surface area contributed by atoms with Gasteiger partial charge in [-0.05, 0) is 30.5 Å². The van der Waals surface area contributed by atoms with Crippen LogP contribution in [0.2, 0.25) is 0 Å². The van der Waals surface area contributed by atoms with E-state index in [0.717, 1.165) is 24.8 Å². The maximum absolute atomic E-state index is 11.2. The van der Waals surface area contributed by atoms with E-state index in [1.54, 1.807) is 24.3 Å². The third kappa shape index (κ3) is 4.31.